The van der Waals surface area contributed by atoms with E-state index >= 15 is 0 Å². The average Bonchev–Trinajstić information content (AvgIpc) is 3.17. The summed E-state index contributed by atoms with van der Waals surface area (Å²) in [6, 6.07) is 15.0. The molecule has 5 rings (SSSR count). The van der Waals surface area contributed by atoms with Gasteiger partial charge in [0.15, 0.2) is 17.1 Å². The molecule has 0 radical (unpaired) electrons. The zero-order valence-corrected chi connectivity index (χ0v) is 17.6. The quantitative estimate of drug-likeness (QED) is 0.483. The van der Waals surface area contributed by atoms with Crippen LogP contribution < -0.4 is 14.8 Å². The van der Waals surface area contributed by atoms with Gasteiger partial charge in [-0.2, -0.15) is 0 Å². The number of ether oxygens (including phenoxy) is 2. The average molecular weight is 414 g/mol. The number of nitrogens with zero attached hydrogens (tertiary/aromatic N) is 1. The van der Waals surface area contributed by atoms with Crippen molar-refractivity contribution in [2.75, 3.05) is 18.5 Å². The van der Waals surface area contributed by atoms with Gasteiger partial charge in [-0.3, -0.25) is 4.79 Å². The fourth-order valence-corrected chi connectivity index (χ4v) is 3.57. The Kier molecular flexibility index (Phi) is 4.62. The van der Waals surface area contributed by atoms with E-state index in [1.54, 1.807) is 18.2 Å². The summed E-state index contributed by atoms with van der Waals surface area (Å²) in [7, 11) is 0. The van der Waals surface area contributed by atoms with Crippen LogP contribution in [0.4, 0.5) is 5.69 Å². The summed E-state index contributed by atoms with van der Waals surface area (Å²) in [5, 5.41) is 2.99. The number of anilines is 1. The SMILES string of the molecule is Cc1cc2nc(-c3ccc(C)c(NC(=O)c4ccc5c(c4)OCCO5)c3)oc2cc1C. The summed E-state index contributed by atoms with van der Waals surface area (Å²) in [5.41, 5.74) is 6.84. The molecule has 6 nitrogen and oxygen atoms in total. The monoisotopic (exact) mass is 414 g/mol. The standard InChI is InChI=1S/C25H22N2O4/c1-14-4-5-18(25-27-20-10-15(2)16(3)11-22(20)31-25)12-19(14)26-24(28)17-6-7-21-23(13-17)30-9-8-29-21/h4-7,10-13H,8-9H2,1-3H3,(H,26,28). The summed E-state index contributed by atoms with van der Waals surface area (Å²) in [6.07, 6.45) is 0. The second-order valence-electron chi connectivity index (χ2n) is 7.77. The highest BCUT2D eigenvalue weighted by atomic mass is 16.6. The number of carbonyl (C=O) groups is 1. The van der Waals surface area contributed by atoms with Crippen LogP contribution in [0.3, 0.4) is 0 Å². The molecular weight excluding hydrogens is 392 g/mol. The number of aromatic nitrogens is 1. The molecule has 0 unspecified atom stereocenters. The minimum absolute atomic E-state index is 0.221. The maximum absolute atomic E-state index is 12.9. The summed E-state index contributed by atoms with van der Waals surface area (Å²) in [5.74, 6) is 1.54. The van der Waals surface area contributed by atoms with Gasteiger partial charge in [-0.25, -0.2) is 4.98 Å². The van der Waals surface area contributed by atoms with Crippen LogP contribution in [0.25, 0.3) is 22.6 Å². The van der Waals surface area contributed by atoms with Crippen LogP contribution in [0, 0.1) is 20.8 Å². The Labute approximate surface area is 179 Å². The molecule has 0 aliphatic carbocycles. The molecule has 1 amide bonds. The third kappa shape index (κ3) is 3.61. The first-order valence-electron chi connectivity index (χ1n) is 10.2. The van der Waals surface area contributed by atoms with Crippen molar-refractivity contribution >= 4 is 22.7 Å². The predicted molar refractivity (Wildman–Crippen MR) is 119 cm³/mol. The molecular formula is C25H22N2O4. The van der Waals surface area contributed by atoms with E-state index in [0.29, 0.717) is 41.9 Å². The molecule has 1 aliphatic heterocycles. The number of aryl methyl sites for hydroxylation is 3. The first-order valence-corrected chi connectivity index (χ1v) is 10.2. The number of hydrogen-bond acceptors (Lipinski definition) is 5. The number of amides is 1. The van der Waals surface area contributed by atoms with E-state index in [9.17, 15) is 4.79 Å². The number of benzene rings is 3. The number of hydrogen-bond donors (Lipinski definition) is 1. The van der Waals surface area contributed by atoms with Crippen molar-refractivity contribution in [2.45, 2.75) is 20.8 Å². The van der Waals surface area contributed by atoms with Crippen LogP contribution in [-0.2, 0) is 0 Å². The van der Waals surface area contributed by atoms with E-state index in [4.69, 9.17) is 13.9 Å². The highest BCUT2D eigenvalue weighted by molar-refractivity contribution is 6.05. The highest BCUT2D eigenvalue weighted by Crippen LogP contribution is 2.32. The Morgan fingerprint density at radius 1 is 0.871 bits per heavy atom. The van der Waals surface area contributed by atoms with Crippen molar-refractivity contribution in [3.05, 3.63) is 70.8 Å². The van der Waals surface area contributed by atoms with Crippen LogP contribution >= 0.6 is 0 Å². The smallest absolute Gasteiger partial charge is 0.255 e. The Balaban J connectivity index is 1.44. The van der Waals surface area contributed by atoms with Gasteiger partial charge in [-0.1, -0.05) is 6.07 Å². The van der Waals surface area contributed by atoms with Gasteiger partial charge in [0.2, 0.25) is 5.89 Å². The predicted octanol–water partition coefficient (Wildman–Crippen LogP) is 5.44. The molecule has 1 aliphatic rings. The van der Waals surface area contributed by atoms with Crippen LogP contribution in [0.5, 0.6) is 11.5 Å². The molecule has 4 aromatic rings. The number of oxazole rings is 1. The summed E-state index contributed by atoms with van der Waals surface area (Å²) >= 11 is 0. The molecule has 0 saturated carbocycles. The van der Waals surface area contributed by atoms with Crippen LogP contribution in [-0.4, -0.2) is 24.1 Å². The molecule has 156 valence electrons. The van der Waals surface area contributed by atoms with Gasteiger partial charge >= 0.3 is 0 Å². The third-order valence-corrected chi connectivity index (χ3v) is 5.54. The Morgan fingerprint density at radius 2 is 1.65 bits per heavy atom. The van der Waals surface area contributed by atoms with Crippen molar-refractivity contribution in [1.82, 2.24) is 4.98 Å². The lowest BCUT2D eigenvalue weighted by Crippen LogP contribution is -2.17. The lowest BCUT2D eigenvalue weighted by molar-refractivity contribution is 0.102. The normalized spacial score (nSPS) is 12.7. The van der Waals surface area contributed by atoms with Crippen LogP contribution in [0.15, 0.2) is 52.9 Å². The highest BCUT2D eigenvalue weighted by Gasteiger charge is 2.17. The van der Waals surface area contributed by atoms with E-state index in [1.165, 1.54) is 5.56 Å². The van der Waals surface area contributed by atoms with Crippen molar-refractivity contribution in [1.29, 1.82) is 0 Å². The molecule has 1 aromatic heterocycles. The van der Waals surface area contributed by atoms with E-state index in [0.717, 1.165) is 27.8 Å². The Morgan fingerprint density at radius 3 is 2.48 bits per heavy atom. The minimum Gasteiger partial charge on any atom is -0.486 e. The molecule has 0 fully saturated rings. The molecule has 0 spiro atoms. The Hall–Kier alpha value is -3.80. The van der Waals surface area contributed by atoms with E-state index < -0.39 is 0 Å². The summed E-state index contributed by atoms with van der Waals surface area (Å²) < 4.78 is 17.1. The zero-order valence-electron chi connectivity index (χ0n) is 17.6. The lowest BCUT2D eigenvalue weighted by atomic mass is 10.1. The lowest BCUT2D eigenvalue weighted by Gasteiger charge is -2.18. The summed E-state index contributed by atoms with van der Waals surface area (Å²) in [6.45, 7) is 7.04. The first-order chi connectivity index (χ1) is 15.0. The van der Waals surface area contributed by atoms with Gasteiger partial charge in [-0.05, 0) is 79.9 Å². The molecule has 0 atom stereocenters. The maximum Gasteiger partial charge on any atom is 0.255 e. The summed E-state index contributed by atoms with van der Waals surface area (Å²) in [4.78, 5) is 17.5. The van der Waals surface area contributed by atoms with E-state index in [-0.39, 0.29) is 5.91 Å². The van der Waals surface area contributed by atoms with Crippen molar-refractivity contribution in [3.63, 3.8) is 0 Å². The van der Waals surface area contributed by atoms with Crippen LogP contribution in [0.1, 0.15) is 27.0 Å². The van der Waals surface area contributed by atoms with Crippen LogP contribution in [0.2, 0.25) is 0 Å². The van der Waals surface area contributed by atoms with E-state index in [2.05, 4.69) is 17.2 Å². The third-order valence-electron chi connectivity index (χ3n) is 5.54. The number of nitrogens with one attached hydrogen (secondary N) is 1. The molecule has 3 aromatic carbocycles. The molecule has 0 saturated heterocycles. The van der Waals surface area contributed by atoms with Gasteiger partial charge in [0.1, 0.15) is 18.7 Å². The number of carbonyl (C=O) groups excluding carboxylic acids is 1. The molecule has 6 heteroatoms. The molecule has 0 bridgehead atoms. The topological polar surface area (TPSA) is 73.6 Å². The van der Waals surface area contributed by atoms with Gasteiger partial charge in [-0.15, -0.1) is 0 Å². The van der Waals surface area contributed by atoms with Gasteiger partial charge in [0, 0.05) is 16.8 Å². The second kappa shape index (κ2) is 7.47. The van der Waals surface area contributed by atoms with Crippen molar-refractivity contribution < 1.29 is 18.7 Å². The fourth-order valence-electron chi connectivity index (χ4n) is 3.57. The van der Waals surface area contributed by atoms with Gasteiger partial charge in [0.25, 0.3) is 5.91 Å². The minimum atomic E-state index is -0.221. The Bertz CT molecular complexity index is 1280. The largest absolute Gasteiger partial charge is 0.486 e. The van der Waals surface area contributed by atoms with Crippen molar-refractivity contribution in [2.24, 2.45) is 0 Å². The maximum atomic E-state index is 12.9. The number of fused-ring (bicyclic) bond motifs is 2. The van der Waals surface area contributed by atoms with Gasteiger partial charge < -0.3 is 19.2 Å². The molecule has 1 N–H and O–H groups in total. The van der Waals surface area contributed by atoms with Crippen molar-refractivity contribution in [3.8, 4) is 23.0 Å². The second-order valence-corrected chi connectivity index (χ2v) is 7.77. The molecule has 31 heavy (non-hydrogen) atoms. The number of rotatable bonds is 3. The first kappa shape index (κ1) is 19.2. The zero-order chi connectivity index (χ0) is 21.5. The fraction of sp³-hybridized carbons (Fsp3) is 0.200. The van der Waals surface area contributed by atoms with Gasteiger partial charge in [0.05, 0.1) is 0 Å². The van der Waals surface area contributed by atoms with E-state index in [1.807, 2.05) is 44.2 Å². The molecule has 2 heterocycles.